The molecule has 0 radical (unpaired) electrons. The second kappa shape index (κ2) is 7.77. The van der Waals surface area contributed by atoms with Crippen LogP contribution in [0, 0.1) is 0 Å². The number of benzene rings is 1. The quantitative estimate of drug-likeness (QED) is 0.595. The van der Waals surface area contributed by atoms with Gasteiger partial charge in [-0.15, -0.1) is 0 Å². The summed E-state index contributed by atoms with van der Waals surface area (Å²) in [5, 5.41) is 3.38. The van der Waals surface area contributed by atoms with Crippen LogP contribution in [0.1, 0.15) is 19.4 Å². The standard InChI is InChI=1S/C15H23NO2/c1-12(2)7-9-16-10-8-13-5-6-14(17-3)15(11-13)18-4/h5-7,11,16H,8-10H2,1-4H3. The van der Waals surface area contributed by atoms with Gasteiger partial charge in [0.2, 0.25) is 0 Å². The van der Waals surface area contributed by atoms with Crippen molar-refractivity contribution in [2.45, 2.75) is 20.3 Å². The summed E-state index contributed by atoms with van der Waals surface area (Å²) in [4.78, 5) is 0. The first-order valence-electron chi connectivity index (χ1n) is 6.22. The van der Waals surface area contributed by atoms with Crippen molar-refractivity contribution < 1.29 is 9.47 Å². The number of hydrogen-bond acceptors (Lipinski definition) is 3. The minimum Gasteiger partial charge on any atom is -0.493 e. The van der Waals surface area contributed by atoms with Crippen LogP contribution < -0.4 is 14.8 Å². The van der Waals surface area contributed by atoms with E-state index in [1.807, 2.05) is 12.1 Å². The lowest BCUT2D eigenvalue weighted by molar-refractivity contribution is 0.354. The molecule has 100 valence electrons. The minimum absolute atomic E-state index is 0.777. The average Bonchev–Trinajstić information content (AvgIpc) is 2.37. The van der Waals surface area contributed by atoms with Gasteiger partial charge in [-0.3, -0.25) is 0 Å². The molecule has 0 unspecified atom stereocenters. The van der Waals surface area contributed by atoms with Crippen LogP contribution >= 0.6 is 0 Å². The summed E-state index contributed by atoms with van der Waals surface area (Å²) in [5.74, 6) is 1.57. The Morgan fingerprint density at radius 2 is 1.89 bits per heavy atom. The smallest absolute Gasteiger partial charge is 0.160 e. The van der Waals surface area contributed by atoms with Crippen molar-refractivity contribution in [3.8, 4) is 11.5 Å². The van der Waals surface area contributed by atoms with E-state index in [9.17, 15) is 0 Å². The summed E-state index contributed by atoms with van der Waals surface area (Å²) in [6.45, 7) is 6.10. The van der Waals surface area contributed by atoms with Crippen molar-refractivity contribution in [3.63, 3.8) is 0 Å². The third kappa shape index (κ3) is 4.80. The third-order valence-electron chi connectivity index (χ3n) is 2.69. The minimum atomic E-state index is 0.777. The molecule has 0 aliphatic heterocycles. The molecule has 0 saturated heterocycles. The summed E-state index contributed by atoms with van der Waals surface area (Å²) < 4.78 is 10.5. The highest BCUT2D eigenvalue weighted by Gasteiger charge is 2.03. The van der Waals surface area contributed by atoms with Gasteiger partial charge in [0.1, 0.15) is 0 Å². The van der Waals surface area contributed by atoms with Gasteiger partial charge >= 0.3 is 0 Å². The average molecular weight is 249 g/mol. The predicted molar refractivity (Wildman–Crippen MR) is 75.6 cm³/mol. The molecule has 0 atom stereocenters. The van der Waals surface area contributed by atoms with E-state index in [4.69, 9.17) is 9.47 Å². The normalized spacial score (nSPS) is 10.0. The number of methoxy groups -OCH3 is 2. The molecule has 1 aromatic rings. The Labute approximate surface area is 110 Å². The highest BCUT2D eigenvalue weighted by molar-refractivity contribution is 5.42. The molecule has 0 aliphatic rings. The van der Waals surface area contributed by atoms with Crippen LogP contribution in [0.2, 0.25) is 0 Å². The Balaban J connectivity index is 2.45. The second-order valence-electron chi connectivity index (χ2n) is 4.42. The molecule has 1 aromatic carbocycles. The molecule has 0 spiro atoms. The molecular weight excluding hydrogens is 226 g/mol. The van der Waals surface area contributed by atoms with E-state index in [0.717, 1.165) is 31.0 Å². The maximum atomic E-state index is 5.28. The fourth-order valence-corrected chi connectivity index (χ4v) is 1.65. The van der Waals surface area contributed by atoms with Gasteiger partial charge in [-0.1, -0.05) is 17.7 Å². The highest BCUT2D eigenvalue weighted by Crippen LogP contribution is 2.27. The molecule has 1 N–H and O–H groups in total. The first-order chi connectivity index (χ1) is 8.67. The van der Waals surface area contributed by atoms with Crippen molar-refractivity contribution in [2.75, 3.05) is 27.3 Å². The number of ether oxygens (including phenoxy) is 2. The largest absolute Gasteiger partial charge is 0.493 e. The van der Waals surface area contributed by atoms with E-state index in [1.54, 1.807) is 14.2 Å². The summed E-state index contributed by atoms with van der Waals surface area (Å²) in [7, 11) is 3.31. The zero-order chi connectivity index (χ0) is 13.4. The van der Waals surface area contributed by atoms with Gasteiger partial charge in [0.25, 0.3) is 0 Å². The molecule has 18 heavy (non-hydrogen) atoms. The Hall–Kier alpha value is -1.48. The Kier molecular flexibility index (Phi) is 6.29. The van der Waals surface area contributed by atoms with Gasteiger partial charge in [0.05, 0.1) is 14.2 Å². The Morgan fingerprint density at radius 3 is 2.50 bits per heavy atom. The van der Waals surface area contributed by atoms with Crippen molar-refractivity contribution >= 4 is 0 Å². The molecule has 0 heterocycles. The van der Waals surface area contributed by atoms with Gasteiger partial charge in [0, 0.05) is 6.54 Å². The van der Waals surface area contributed by atoms with Crippen LogP contribution in [-0.4, -0.2) is 27.3 Å². The van der Waals surface area contributed by atoms with Gasteiger partial charge in [0.15, 0.2) is 11.5 Å². The van der Waals surface area contributed by atoms with E-state index >= 15 is 0 Å². The molecule has 0 saturated carbocycles. The van der Waals surface area contributed by atoms with E-state index in [1.165, 1.54) is 11.1 Å². The molecule has 0 fully saturated rings. The number of nitrogens with one attached hydrogen (secondary N) is 1. The van der Waals surface area contributed by atoms with E-state index in [-0.39, 0.29) is 0 Å². The molecule has 0 aromatic heterocycles. The monoisotopic (exact) mass is 249 g/mol. The molecule has 0 amide bonds. The van der Waals surface area contributed by atoms with E-state index in [0.29, 0.717) is 0 Å². The topological polar surface area (TPSA) is 30.5 Å². The molecule has 3 nitrogen and oxygen atoms in total. The summed E-state index contributed by atoms with van der Waals surface area (Å²) in [6.07, 6.45) is 3.17. The lowest BCUT2D eigenvalue weighted by Gasteiger charge is -2.09. The number of hydrogen-bond donors (Lipinski definition) is 1. The van der Waals surface area contributed by atoms with Crippen LogP contribution in [0.25, 0.3) is 0 Å². The van der Waals surface area contributed by atoms with Crippen molar-refractivity contribution in [1.82, 2.24) is 5.32 Å². The Morgan fingerprint density at radius 1 is 1.17 bits per heavy atom. The van der Waals surface area contributed by atoms with Gasteiger partial charge in [-0.2, -0.15) is 0 Å². The van der Waals surface area contributed by atoms with E-state index < -0.39 is 0 Å². The SMILES string of the molecule is COc1ccc(CCNCC=C(C)C)cc1OC. The first kappa shape index (κ1) is 14.6. The number of rotatable bonds is 7. The number of allylic oxidation sites excluding steroid dienone is 1. The Bertz CT molecular complexity index is 395. The molecule has 0 bridgehead atoms. The fraction of sp³-hybridized carbons (Fsp3) is 0.467. The van der Waals surface area contributed by atoms with E-state index in [2.05, 4.69) is 31.3 Å². The predicted octanol–water partition coefficient (Wildman–Crippen LogP) is 2.80. The second-order valence-corrected chi connectivity index (χ2v) is 4.42. The summed E-state index contributed by atoms with van der Waals surface area (Å²) >= 11 is 0. The first-order valence-corrected chi connectivity index (χ1v) is 6.22. The summed E-state index contributed by atoms with van der Waals surface area (Å²) in [6, 6.07) is 6.05. The lowest BCUT2D eigenvalue weighted by atomic mass is 10.1. The fourth-order valence-electron chi connectivity index (χ4n) is 1.65. The van der Waals surface area contributed by atoms with Gasteiger partial charge in [-0.25, -0.2) is 0 Å². The van der Waals surface area contributed by atoms with Crippen molar-refractivity contribution in [2.24, 2.45) is 0 Å². The lowest BCUT2D eigenvalue weighted by Crippen LogP contribution is -2.17. The summed E-state index contributed by atoms with van der Waals surface area (Å²) in [5.41, 5.74) is 2.59. The van der Waals surface area contributed by atoms with Crippen molar-refractivity contribution in [1.29, 1.82) is 0 Å². The van der Waals surface area contributed by atoms with Crippen molar-refractivity contribution in [3.05, 3.63) is 35.4 Å². The van der Waals surface area contributed by atoms with Crippen LogP contribution in [0.15, 0.2) is 29.8 Å². The molecule has 1 rings (SSSR count). The molecular formula is C15H23NO2. The van der Waals surface area contributed by atoms with Crippen LogP contribution in [0.5, 0.6) is 11.5 Å². The molecule has 3 heteroatoms. The van der Waals surface area contributed by atoms with Crippen LogP contribution in [0.3, 0.4) is 0 Å². The third-order valence-corrected chi connectivity index (χ3v) is 2.69. The van der Waals surface area contributed by atoms with Crippen LogP contribution in [-0.2, 0) is 6.42 Å². The maximum absolute atomic E-state index is 5.28. The zero-order valence-electron chi connectivity index (χ0n) is 11.7. The maximum Gasteiger partial charge on any atom is 0.160 e. The van der Waals surface area contributed by atoms with Crippen LogP contribution in [0.4, 0.5) is 0 Å². The van der Waals surface area contributed by atoms with Gasteiger partial charge in [-0.05, 0) is 44.5 Å². The van der Waals surface area contributed by atoms with Gasteiger partial charge < -0.3 is 14.8 Å². The zero-order valence-corrected chi connectivity index (χ0v) is 11.7. The highest BCUT2D eigenvalue weighted by atomic mass is 16.5. The molecule has 0 aliphatic carbocycles.